The first kappa shape index (κ1) is 13.7. The van der Waals surface area contributed by atoms with E-state index in [9.17, 15) is 4.39 Å². The molecule has 2 nitrogen and oxygen atoms in total. The van der Waals surface area contributed by atoms with E-state index in [1.165, 1.54) is 6.07 Å². The summed E-state index contributed by atoms with van der Waals surface area (Å²) in [6.07, 6.45) is 0. The minimum Gasteiger partial charge on any atom is -0.309 e. The highest BCUT2D eigenvalue weighted by Gasteiger charge is 2.18. The van der Waals surface area contributed by atoms with Gasteiger partial charge in [-0.3, -0.25) is 4.98 Å². The van der Waals surface area contributed by atoms with Crippen molar-refractivity contribution in [2.45, 2.75) is 26.8 Å². The number of halogens is 1. The van der Waals surface area contributed by atoms with Gasteiger partial charge in [-0.2, -0.15) is 0 Å². The van der Waals surface area contributed by atoms with Crippen LogP contribution in [0.3, 0.4) is 0 Å². The summed E-state index contributed by atoms with van der Waals surface area (Å²) in [4.78, 5) is 4.46. The van der Waals surface area contributed by atoms with Crippen molar-refractivity contribution in [3.05, 3.63) is 64.2 Å². The van der Waals surface area contributed by atoms with Gasteiger partial charge in [0.2, 0.25) is 0 Å². The van der Waals surface area contributed by atoms with E-state index in [2.05, 4.69) is 10.3 Å². The first-order valence-corrected chi connectivity index (χ1v) is 6.40. The Labute approximate surface area is 113 Å². The van der Waals surface area contributed by atoms with E-state index in [0.29, 0.717) is 5.56 Å². The predicted molar refractivity (Wildman–Crippen MR) is 75.8 cm³/mol. The lowest BCUT2D eigenvalue weighted by Gasteiger charge is -2.20. The molecular formula is C16H19FN2. The number of pyridine rings is 1. The van der Waals surface area contributed by atoms with Crippen molar-refractivity contribution in [2.75, 3.05) is 7.05 Å². The van der Waals surface area contributed by atoms with Gasteiger partial charge in [-0.1, -0.05) is 23.8 Å². The quantitative estimate of drug-likeness (QED) is 0.912. The predicted octanol–water partition coefficient (Wildman–Crippen LogP) is 3.45. The summed E-state index contributed by atoms with van der Waals surface area (Å²) in [6.45, 7) is 5.88. The standard InChI is InChI=1S/C16H19FN2/c1-10-5-8-15(17)14(9-10)16(18-4)13-7-6-11(2)19-12(13)3/h5-9,16,18H,1-4H3. The number of aryl methyl sites for hydroxylation is 3. The highest BCUT2D eigenvalue weighted by Crippen LogP contribution is 2.26. The highest BCUT2D eigenvalue weighted by atomic mass is 19.1. The molecule has 3 heteroatoms. The molecule has 0 amide bonds. The molecule has 0 saturated carbocycles. The van der Waals surface area contributed by atoms with Gasteiger partial charge in [-0.15, -0.1) is 0 Å². The van der Waals surface area contributed by atoms with Crippen molar-refractivity contribution in [3.63, 3.8) is 0 Å². The second-order valence-corrected chi connectivity index (χ2v) is 4.87. The van der Waals surface area contributed by atoms with Crippen molar-refractivity contribution in [1.29, 1.82) is 0 Å². The van der Waals surface area contributed by atoms with Crippen LogP contribution in [0.1, 0.15) is 34.1 Å². The Balaban J connectivity index is 2.52. The molecule has 0 fully saturated rings. The average molecular weight is 258 g/mol. The van der Waals surface area contributed by atoms with Gasteiger partial charge in [-0.25, -0.2) is 4.39 Å². The normalized spacial score (nSPS) is 12.5. The summed E-state index contributed by atoms with van der Waals surface area (Å²) in [5.41, 5.74) is 4.63. The van der Waals surface area contributed by atoms with Crippen molar-refractivity contribution < 1.29 is 4.39 Å². The largest absolute Gasteiger partial charge is 0.309 e. The number of rotatable bonds is 3. The number of benzene rings is 1. The molecule has 2 rings (SSSR count). The first-order chi connectivity index (χ1) is 9.02. The van der Waals surface area contributed by atoms with E-state index in [-0.39, 0.29) is 11.9 Å². The van der Waals surface area contributed by atoms with E-state index in [0.717, 1.165) is 22.5 Å². The van der Waals surface area contributed by atoms with Crippen LogP contribution in [0.25, 0.3) is 0 Å². The summed E-state index contributed by atoms with van der Waals surface area (Å²) in [6, 6.07) is 8.99. The Hall–Kier alpha value is -1.74. The molecule has 0 aliphatic carbocycles. The van der Waals surface area contributed by atoms with Crippen molar-refractivity contribution >= 4 is 0 Å². The molecule has 1 unspecified atom stereocenters. The molecule has 2 aromatic rings. The zero-order valence-corrected chi connectivity index (χ0v) is 11.8. The minimum atomic E-state index is -0.190. The average Bonchev–Trinajstić information content (AvgIpc) is 2.36. The van der Waals surface area contributed by atoms with E-state index >= 15 is 0 Å². The van der Waals surface area contributed by atoms with E-state index in [1.807, 2.05) is 46.0 Å². The van der Waals surface area contributed by atoms with Gasteiger partial charge in [-0.05, 0) is 45.5 Å². The van der Waals surface area contributed by atoms with Gasteiger partial charge >= 0.3 is 0 Å². The van der Waals surface area contributed by atoms with Crippen LogP contribution in [-0.4, -0.2) is 12.0 Å². The maximum atomic E-state index is 14.0. The molecule has 0 bridgehead atoms. The fourth-order valence-corrected chi connectivity index (χ4v) is 2.37. The highest BCUT2D eigenvalue weighted by molar-refractivity contribution is 5.37. The number of hydrogen-bond acceptors (Lipinski definition) is 2. The van der Waals surface area contributed by atoms with Gasteiger partial charge in [0.15, 0.2) is 0 Å². The second kappa shape index (κ2) is 5.49. The molecule has 1 aromatic carbocycles. The van der Waals surface area contributed by atoms with Crippen molar-refractivity contribution in [1.82, 2.24) is 10.3 Å². The number of aromatic nitrogens is 1. The molecule has 0 saturated heterocycles. The molecule has 1 N–H and O–H groups in total. The van der Waals surface area contributed by atoms with Crippen molar-refractivity contribution in [2.24, 2.45) is 0 Å². The van der Waals surface area contributed by atoms with Gasteiger partial charge in [0.05, 0.1) is 6.04 Å². The molecule has 0 spiro atoms. The molecule has 1 heterocycles. The number of hydrogen-bond donors (Lipinski definition) is 1. The zero-order valence-electron chi connectivity index (χ0n) is 11.8. The maximum Gasteiger partial charge on any atom is 0.128 e. The fourth-order valence-electron chi connectivity index (χ4n) is 2.37. The third kappa shape index (κ3) is 2.82. The number of nitrogens with one attached hydrogen (secondary N) is 1. The van der Waals surface area contributed by atoms with Crippen LogP contribution in [-0.2, 0) is 0 Å². The lowest BCUT2D eigenvalue weighted by atomic mass is 9.96. The lowest BCUT2D eigenvalue weighted by Crippen LogP contribution is -2.20. The van der Waals surface area contributed by atoms with Crippen LogP contribution in [0, 0.1) is 26.6 Å². The lowest BCUT2D eigenvalue weighted by molar-refractivity contribution is 0.573. The SMILES string of the molecule is CNC(c1cc(C)ccc1F)c1ccc(C)nc1C. The molecule has 1 aromatic heterocycles. The van der Waals surface area contributed by atoms with Gasteiger partial charge in [0.1, 0.15) is 5.82 Å². The summed E-state index contributed by atoms with van der Waals surface area (Å²) in [7, 11) is 1.84. The van der Waals surface area contributed by atoms with Gasteiger partial charge in [0, 0.05) is 17.0 Å². The zero-order chi connectivity index (χ0) is 14.0. The van der Waals surface area contributed by atoms with Crippen LogP contribution in [0.2, 0.25) is 0 Å². The molecule has 0 aliphatic rings. The number of nitrogens with zero attached hydrogens (tertiary/aromatic N) is 1. The first-order valence-electron chi connectivity index (χ1n) is 6.40. The van der Waals surface area contributed by atoms with Gasteiger partial charge in [0.25, 0.3) is 0 Å². The van der Waals surface area contributed by atoms with E-state index in [4.69, 9.17) is 0 Å². The van der Waals surface area contributed by atoms with Crippen LogP contribution in [0.4, 0.5) is 4.39 Å². The van der Waals surface area contributed by atoms with Crippen molar-refractivity contribution in [3.8, 4) is 0 Å². The molecule has 1 atom stereocenters. The summed E-state index contributed by atoms with van der Waals surface area (Å²) in [5, 5.41) is 3.18. The molecule has 19 heavy (non-hydrogen) atoms. The monoisotopic (exact) mass is 258 g/mol. The summed E-state index contributed by atoms with van der Waals surface area (Å²) in [5.74, 6) is -0.190. The molecular weight excluding hydrogens is 239 g/mol. The van der Waals surface area contributed by atoms with Gasteiger partial charge < -0.3 is 5.32 Å². The maximum absolute atomic E-state index is 14.0. The second-order valence-electron chi connectivity index (χ2n) is 4.87. The van der Waals surface area contributed by atoms with E-state index in [1.54, 1.807) is 6.07 Å². The fraction of sp³-hybridized carbons (Fsp3) is 0.312. The Bertz CT molecular complexity index is 593. The minimum absolute atomic E-state index is 0.173. The topological polar surface area (TPSA) is 24.9 Å². The third-order valence-electron chi connectivity index (χ3n) is 3.33. The van der Waals surface area contributed by atoms with E-state index < -0.39 is 0 Å². The summed E-state index contributed by atoms with van der Waals surface area (Å²) < 4.78 is 14.0. The molecule has 100 valence electrons. The summed E-state index contributed by atoms with van der Waals surface area (Å²) >= 11 is 0. The molecule has 0 radical (unpaired) electrons. The van der Waals surface area contributed by atoms with Crippen LogP contribution in [0.15, 0.2) is 30.3 Å². The Morgan fingerprint density at radius 2 is 1.79 bits per heavy atom. The smallest absolute Gasteiger partial charge is 0.128 e. The Morgan fingerprint density at radius 1 is 1.05 bits per heavy atom. The Morgan fingerprint density at radius 3 is 2.42 bits per heavy atom. The Kier molecular flexibility index (Phi) is 3.96. The van der Waals surface area contributed by atoms with Crippen LogP contribution < -0.4 is 5.32 Å². The molecule has 0 aliphatic heterocycles. The van der Waals surface area contributed by atoms with Crippen LogP contribution >= 0.6 is 0 Å². The van der Waals surface area contributed by atoms with Crippen LogP contribution in [0.5, 0.6) is 0 Å². The third-order valence-corrected chi connectivity index (χ3v) is 3.33.